The highest BCUT2D eigenvalue weighted by Crippen LogP contribution is 2.47. The summed E-state index contributed by atoms with van der Waals surface area (Å²) in [5, 5.41) is 8.97. The molecule has 0 unspecified atom stereocenters. The number of aliphatic hydroxyl groups is 1. The van der Waals surface area contributed by atoms with Crippen LogP contribution in [-0.2, 0) is 4.74 Å². The lowest BCUT2D eigenvalue weighted by Gasteiger charge is -2.40. The van der Waals surface area contributed by atoms with Crippen LogP contribution in [0.25, 0.3) is 0 Å². The maximum Gasteiger partial charge on any atom is 0.410 e. The standard InChI is InChI=1S/C12H21NO3/c1-12(2,3)16-11(15)13-5-9(6-13)10-4-8(10)7-14/h8-10,14H,4-7H2,1-3H3/t8-,10-/m1/s1. The molecule has 1 amide bonds. The van der Waals surface area contributed by atoms with E-state index in [4.69, 9.17) is 9.84 Å². The molecule has 1 saturated heterocycles. The number of amides is 1. The second-order valence-corrected chi connectivity index (χ2v) is 5.99. The first-order valence-electron chi connectivity index (χ1n) is 5.99. The Kier molecular flexibility index (Phi) is 2.86. The number of likely N-dealkylation sites (tertiary alicyclic amines) is 1. The van der Waals surface area contributed by atoms with Gasteiger partial charge in [-0.2, -0.15) is 0 Å². The Bertz CT molecular complexity index is 278. The molecule has 0 spiro atoms. The van der Waals surface area contributed by atoms with Crippen molar-refractivity contribution >= 4 is 6.09 Å². The van der Waals surface area contributed by atoms with Gasteiger partial charge in [-0.05, 0) is 44.9 Å². The molecule has 1 saturated carbocycles. The highest BCUT2D eigenvalue weighted by molar-refractivity contribution is 5.69. The molecule has 0 radical (unpaired) electrons. The molecule has 2 fully saturated rings. The molecular weight excluding hydrogens is 206 g/mol. The highest BCUT2D eigenvalue weighted by atomic mass is 16.6. The van der Waals surface area contributed by atoms with E-state index in [-0.39, 0.29) is 6.09 Å². The van der Waals surface area contributed by atoms with Gasteiger partial charge in [-0.25, -0.2) is 4.79 Å². The second-order valence-electron chi connectivity index (χ2n) is 5.99. The van der Waals surface area contributed by atoms with E-state index in [1.54, 1.807) is 4.90 Å². The van der Waals surface area contributed by atoms with Crippen LogP contribution in [0, 0.1) is 17.8 Å². The van der Waals surface area contributed by atoms with Crippen molar-refractivity contribution in [2.45, 2.75) is 32.8 Å². The molecule has 1 aliphatic heterocycles. The lowest BCUT2D eigenvalue weighted by atomic mass is 9.94. The lowest BCUT2D eigenvalue weighted by Crippen LogP contribution is -2.52. The van der Waals surface area contributed by atoms with Crippen LogP contribution in [0.3, 0.4) is 0 Å². The van der Waals surface area contributed by atoms with E-state index in [1.165, 1.54) is 0 Å². The number of ether oxygens (including phenoxy) is 1. The Balaban J connectivity index is 1.70. The molecule has 1 N–H and O–H groups in total. The molecule has 1 heterocycles. The molecule has 0 aromatic rings. The molecule has 4 heteroatoms. The van der Waals surface area contributed by atoms with Crippen LogP contribution in [0.15, 0.2) is 0 Å². The summed E-state index contributed by atoms with van der Waals surface area (Å²) < 4.78 is 5.28. The van der Waals surface area contributed by atoms with Gasteiger partial charge < -0.3 is 14.7 Å². The summed E-state index contributed by atoms with van der Waals surface area (Å²) in [5.74, 6) is 1.72. The van der Waals surface area contributed by atoms with E-state index in [1.807, 2.05) is 20.8 Å². The van der Waals surface area contributed by atoms with E-state index in [9.17, 15) is 4.79 Å². The molecule has 16 heavy (non-hydrogen) atoms. The first-order valence-corrected chi connectivity index (χ1v) is 5.99. The zero-order chi connectivity index (χ0) is 11.9. The first-order chi connectivity index (χ1) is 7.40. The van der Waals surface area contributed by atoms with Crippen LogP contribution >= 0.6 is 0 Å². The zero-order valence-corrected chi connectivity index (χ0v) is 10.3. The number of hydrogen-bond acceptors (Lipinski definition) is 3. The summed E-state index contributed by atoms with van der Waals surface area (Å²) in [6.45, 7) is 7.54. The van der Waals surface area contributed by atoms with E-state index in [0.717, 1.165) is 19.5 Å². The van der Waals surface area contributed by atoms with E-state index >= 15 is 0 Å². The van der Waals surface area contributed by atoms with E-state index in [2.05, 4.69) is 0 Å². The van der Waals surface area contributed by atoms with Crippen molar-refractivity contribution < 1.29 is 14.6 Å². The number of rotatable bonds is 2. The second kappa shape index (κ2) is 3.91. The Labute approximate surface area is 96.6 Å². The van der Waals surface area contributed by atoms with Crippen LogP contribution in [0.1, 0.15) is 27.2 Å². The minimum Gasteiger partial charge on any atom is -0.444 e. The topological polar surface area (TPSA) is 49.8 Å². The quantitative estimate of drug-likeness (QED) is 0.777. The fraction of sp³-hybridized carbons (Fsp3) is 0.917. The summed E-state index contributed by atoms with van der Waals surface area (Å²) in [6, 6.07) is 0. The summed E-state index contributed by atoms with van der Waals surface area (Å²) in [4.78, 5) is 13.4. The molecule has 4 nitrogen and oxygen atoms in total. The van der Waals surface area contributed by atoms with Crippen molar-refractivity contribution in [1.82, 2.24) is 4.90 Å². The van der Waals surface area contributed by atoms with Crippen LogP contribution in [-0.4, -0.2) is 41.4 Å². The fourth-order valence-corrected chi connectivity index (χ4v) is 2.32. The van der Waals surface area contributed by atoms with Gasteiger partial charge in [0.05, 0.1) is 0 Å². The molecule has 92 valence electrons. The van der Waals surface area contributed by atoms with Gasteiger partial charge in [-0.3, -0.25) is 0 Å². The maximum atomic E-state index is 11.6. The van der Waals surface area contributed by atoms with Gasteiger partial charge in [0.1, 0.15) is 5.60 Å². The highest BCUT2D eigenvalue weighted by Gasteiger charge is 2.48. The third-order valence-electron chi connectivity index (χ3n) is 3.38. The molecule has 0 aromatic heterocycles. The third kappa shape index (κ3) is 2.48. The summed E-state index contributed by atoms with van der Waals surface area (Å²) in [6.07, 6.45) is 0.925. The molecule has 0 bridgehead atoms. The van der Waals surface area contributed by atoms with Gasteiger partial charge in [-0.1, -0.05) is 0 Å². The normalized spacial score (nSPS) is 29.9. The smallest absolute Gasteiger partial charge is 0.410 e. The molecule has 0 aromatic carbocycles. The SMILES string of the molecule is CC(C)(C)OC(=O)N1CC([C@@H]2C[C@@H]2CO)C1. The minimum absolute atomic E-state index is 0.204. The monoisotopic (exact) mass is 227 g/mol. The van der Waals surface area contributed by atoms with Gasteiger partial charge in [-0.15, -0.1) is 0 Å². The summed E-state index contributed by atoms with van der Waals surface area (Å²) in [7, 11) is 0. The number of nitrogens with zero attached hydrogens (tertiary/aromatic N) is 1. The van der Waals surface area contributed by atoms with Crippen molar-refractivity contribution in [1.29, 1.82) is 0 Å². The van der Waals surface area contributed by atoms with E-state index in [0.29, 0.717) is 24.4 Å². The molecular formula is C12H21NO3. The van der Waals surface area contributed by atoms with Crippen molar-refractivity contribution in [2.24, 2.45) is 17.8 Å². The molecule has 2 rings (SSSR count). The van der Waals surface area contributed by atoms with Crippen LogP contribution in [0.2, 0.25) is 0 Å². The Morgan fingerprint density at radius 1 is 1.44 bits per heavy atom. The number of hydrogen-bond donors (Lipinski definition) is 1. The van der Waals surface area contributed by atoms with Gasteiger partial charge in [0, 0.05) is 19.7 Å². The Morgan fingerprint density at radius 2 is 2.06 bits per heavy atom. The maximum absolute atomic E-state index is 11.6. The average molecular weight is 227 g/mol. The molecule has 2 aliphatic rings. The van der Waals surface area contributed by atoms with Crippen molar-refractivity contribution in [2.75, 3.05) is 19.7 Å². The Morgan fingerprint density at radius 3 is 2.50 bits per heavy atom. The molecule has 2 atom stereocenters. The van der Waals surface area contributed by atoms with Gasteiger partial charge in [0.2, 0.25) is 0 Å². The average Bonchev–Trinajstić information content (AvgIpc) is 2.77. The predicted octanol–water partition coefficient (Wildman–Crippen LogP) is 1.48. The lowest BCUT2D eigenvalue weighted by molar-refractivity contribution is -0.00541. The van der Waals surface area contributed by atoms with Crippen LogP contribution in [0.4, 0.5) is 4.79 Å². The minimum atomic E-state index is -0.407. The van der Waals surface area contributed by atoms with Gasteiger partial charge in [0.25, 0.3) is 0 Å². The van der Waals surface area contributed by atoms with Crippen LogP contribution < -0.4 is 0 Å². The number of aliphatic hydroxyl groups excluding tert-OH is 1. The Hall–Kier alpha value is -0.770. The van der Waals surface area contributed by atoms with Crippen LogP contribution in [0.5, 0.6) is 0 Å². The van der Waals surface area contributed by atoms with Crippen molar-refractivity contribution in [3.63, 3.8) is 0 Å². The number of carbonyl (C=O) groups excluding carboxylic acids is 1. The summed E-state index contributed by atoms with van der Waals surface area (Å²) in [5.41, 5.74) is -0.407. The third-order valence-corrected chi connectivity index (χ3v) is 3.38. The van der Waals surface area contributed by atoms with Crippen molar-refractivity contribution in [3.05, 3.63) is 0 Å². The first kappa shape index (κ1) is 11.7. The van der Waals surface area contributed by atoms with Gasteiger partial charge in [0.15, 0.2) is 0 Å². The summed E-state index contributed by atoms with van der Waals surface area (Å²) >= 11 is 0. The van der Waals surface area contributed by atoms with Gasteiger partial charge >= 0.3 is 6.09 Å². The van der Waals surface area contributed by atoms with E-state index < -0.39 is 5.60 Å². The zero-order valence-electron chi connectivity index (χ0n) is 10.3. The fourth-order valence-electron chi connectivity index (χ4n) is 2.32. The molecule has 1 aliphatic carbocycles. The predicted molar refractivity (Wildman–Crippen MR) is 60.0 cm³/mol. The number of carbonyl (C=O) groups is 1. The van der Waals surface area contributed by atoms with Crippen molar-refractivity contribution in [3.8, 4) is 0 Å². The largest absolute Gasteiger partial charge is 0.444 e.